The number of fused-ring (bicyclic) bond motifs is 1. The molecule has 0 saturated carbocycles. The molecule has 0 bridgehead atoms. The van der Waals surface area contributed by atoms with Crippen LogP contribution in [-0.4, -0.2) is 58.6 Å². The van der Waals surface area contributed by atoms with Gasteiger partial charge in [-0.3, -0.25) is 4.90 Å². The van der Waals surface area contributed by atoms with E-state index in [9.17, 15) is 0 Å². The summed E-state index contributed by atoms with van der Waals surface area (Å²) in [5.74, 6) is 3.81. The molecule has 1 unspecified atom stereocenters. The van der Waals surface area contributed by atoms with Crippen LogP contribution in [-0.2, 0) is 24.4 Å². The molecule has 2 fully saturated rings. The molecule has 0 aliphatic carbocycles. The van der Waals surface area contributed by atoms with Crippen LogP contribution in [0.15, 0.2) is 24.3 Å². The molecular formula is C22H31N5O2. The Balaban J connectivity index is 1.17. The molecule has 3 aliphatic rings. The van der Waals surface area contributed by atoms with E-state index >= 15 is 0 Å². The van der Waals surface area contributed by atoms with Crippen LogP contribution in [0.5, 0.6) is 5.75 Å². The zero-order chi connectivity index (χ0) is 19.5. The lowest BCUT2D eigenvalue weighted by Crippen LogP contribution is -2.35. The van der Waals surface area contributed by atoms with Crippen LogP contribution in [0.25, 0.3) is 0 Å². The molecule has 2 saturated heterocycles. The molecule has 1 aromatic carbocycles. The maximum atomic E-state index is 6.13. The van der Waals surface area contributed by atoms with Gasteiger partial charge in [-0.1, -0.05) is 18.2 Å². The lowest BCUT2D eigenvalue weighted by Gasteiger charge is -2.32. The van der Waals surface area contributed by atoms with Crippen molar-refractivity contribution in [2.45, 2.75) is 57.3 Å². The molecule has 0 amide bonds. The van der Waals surface area contributed by atoms with Crippen LogP contribution < -0.4 is 10.1 Å². The zero-order valence-electron chi connectivity index (χ0n) is 17.1. The molecule has 4 heterocycles. The predicted molar refractivity (Wildman–Crippen MR) is 110 cm³/mol. The topological polar surface area (TPSA) is 64.4 Å². The summed E-state index contributed by atoms with van der Waals surface area (Å²) in [6, 6.07) is 8.45. The van der Waals surface area contributed by atoms with Crippen molar-refractivity contribution >= 4 is 0 Å². The summed E-state index contributed by atoms with van der Waals surface area (Å²) in [5.41, 5.74) is 1.27. The van der Waals surface area contributed by atoms with Gasteiger partial charge in [0.2, 0.25) is 0 Å². The summed E-state index contributed by atoms with van der Waals surface area (Å²) in [7, 11) is 0. The monoisotopic (exact) mass is 397 g/mol. The number of aromatic nitrogens is 3. The number of rotatable bonds is 6. The predicted octanol–water partition coefficient (Wildman–Crippen LogP) is 2.32. The highest BCUT2D eigenvalue weighted by Gasteiger charge is 2.27. The van der Waals surface area contributed by atoms with Crippen molar-refractivity contribution < 1.29 is 9.47 Å². The van der Waals surface area contributed by atoms with Crippen LogP contribution >= 0.6 is 0 Å². The summed E-state index contributed by atoms with van der Waals surface area (Å²) < 4.78 is 14.2. The molecule has 1 N–H and O–H groups in total. The summed E-state index contributed by atoms with van der Waals surface area (Å²) in [4.78, 5) is 2.54. The SMILES string of the molecule is c1ccc(OCC2CCCO2)c(CN2CCC(c3nnc4n3CCNC4)CC2)c1. The van der Waals surface area contributed by atoms with Crippen LogP contribution in [0.2, 0.25) is 0 Å². The maximum Gasteiger partial charge on any atom is 0.147 e. The second kappa shape index (κ2) is 8.81. The fraction of sp³-hybridized carbons (Fsp3) is 0.636. The number of hydrogen-bond acceptors (Lipinski definition) is 6. The highest BCUT2D eigenvalue weighted by atomic mass is 16.5. The van der Waals surface area contributed by atoms with Crippen molar-refractivity contribution in [3.8, 4) is 5.75 Å². The Morgan fingerprint density at radius 2 is 2.00 bits per heavy atom. The van der Waals surface area contributed by atoms with Gasteiger partial charge in [-0.15, -0.1) is 10.2 Å². The Morgan fingerprint density at radius 3 is 2.86 bits per heavy atom. The fourth-order valence-corrected chi connectivity index (χ4v) is 4.74. The quantitative estimate of drug-likeness (QED) is 0.807. The van der Waals surface area contributed by atoms with Gasteiger partial charge >= 0.3 is 0 Å². The van der Waals surface area contributed by atoms with E-state index in [2.05, 4.69) is 49.2 Å². The molecule has 1 aromatic heterocycles. The number of piperidine rings is 1. The van der Waals surface area contributed by atoms with Crippen molar-refractivity contribution in [3.63, 3.8) is 0 Å². The van der Waals surface area contributed by atoms with Crippen molar-refractivity contribution in [1.29, 1.82) is 0 Å². The molecule has 5 rings (SSSR count). The number of para-hydroxylation sites is 1. The van der Waals surface area contributed by atoms with Gasteiger partial charge in [0.05, 0.1) is 12.6 Å². The van der Waals surface area contributed by atoms with Crippen molar-refractivity contribution in [2.75, 3.05) is 32.8 Å². The van der Waals surface area contributed by atoms with Gasteiger partial charge in [0, 0.05) is 37.7 Å². The van der Waals surface area contributed by atoms with E-state index in [4.69, 9.17) is 9.47 Å². The van der Waals surface area contributed by atoms with Crippen LogP contribution in [0.4, 0.5) is 0 Å². The van der Waals surface area contributed by atoms with E-state index in [1.165, 1.54) is 11.4 Å². The Hall–Kier alpha value is -1.96. The minimum atomic E-state index is 0.253. The highest BCUT2D eigenvalue weighted by molar-refractivity contribution is 5.33. The van der Waals surface area contributed by atoms with E-state index in [0.717, 1.165) is 83.1 Å². The van der Waals surface area contributed by atoms with Crippen molar-refractivity contribution in [2.24, 2.45) is 0 Å². The summed E-state index contributed by atoms with van der Waals surface area (Å²) in [6.07, 6.45) is 4.80. The smallest absolute Gasteiger partial charge is 0.147 e. The summed E-state index contributed by atoms with van der Waals surface area (Å²) in [5, 5.41) is 12.3. The first kappa shape index (κ1) is 19.0. The van der Waals surface area contributed by atoms with Gasteiger partial charge in [-0.25, -0.2) is 0 Å². The lowest BCUT2D eigenvalue weighted by molar-refractivity contribution is 0.0672. The molecule has 7 heteroatoms. The number of likely N-dealkylation sites (tertiary alicyclic amines) is 1. The Labute approximate surface area is 172 Å². The van der Waals surface area contributed by atoms with E-state index in [1.54, 1.807) is 0 Å². The third kappa shape index (κ3) is 4.32. The number of nitrogens with zero attached hydrogens (tertiary/aromatic N) is 4. The normalized spacial score (nSPS) is 23.2. The van der Waals surface area contributed by atoms with E-state index < -0.39 is 0 Å². The molecule has 0 spiro atoms. The van der Waals surface area contributed by atoms with Gasteiger partial charge in [0.25, 0.3) is 0 Å². The van der Waals surface area contributed by atoms with E-state index in [0.29, 0.717) is 12.5 Å². The molecule has 29 heavy (non-hydrogen) atoms. The van der Waals surface area contributed by atoms with Crippen LogP contribution in [0, 0.1) is 0 Å². The fourth-order valence-electron chi connectivity index (χ4n) is 4.74. The molecule has 7 nitrogen and oxygen atoms in total. The van der Waals surface area contributed by atoms with Gasteiger partial charge in [-0.05, 0) is 44.8 Å². The number of ether oxygens (including phenoxy) is 2. The maximum absolute atomic E-state index is 6.13. The third-order valence-electron chi connectivity index (χ3n) is 6.42. The van der Waals surface area contributed by atoms with Crippen LogP contribution in [0.1, 0.15) is 48.8 Å². The molecule has 2 aromatic rings. The molecule has 0 radical (unpaired) electrons. The largest absolute Gasteiger partial charge is 0.491 e. The van der Waals surface area contributed by atoms with Gasteiger partial charge in [0.15, 0.2) is 0 Å². The molecule has 1 atom stereocenters. The average Bonchev–Trinajstić information content (AvgIpc) is 3.44. The first-order valence-corrected chi connectivity index (χ1v) is 11.0. The first-order valence-electron chi connectivity index (χ1n) is 11.0. The van der Waals surface area contributed by atoms with Gasteiger partial charge in [-0.2, -0.15) is 0 Å². The lowest BCUT2D eigenvalue weighted by atomic mass is 9.95. The van der Waals surface area contributed by atoms with Crippen molar-refractivity contribution in [1.82, 2.24) is 25.0 Å². The Morgan fingerprint density at radius 1 is 1.10 bits per heavy atom. The molecule has 3 aliphatic heterocycles. The van der Waals surface area contributed by atoms with E-state index in [-0.39, 0.29) is 6.10 Å². The standard InChI is InChI=1S/C22H31N5O2/c1-2-6-20(29-16-19-5-3-13-28-19)18(4-1)15-26-10-7-17(8-11-26)22-25-24-21-14-23-9-12-27(21)22/h1-2,4,6,17,19,23H,3,5,7-16H2. The second-order valence-electron chi connectivity index (χ2n) is 8.41. The average molecular weight is 398 g/mol. The van der Waals surface area contributed by atoms with Gasteiger partial charge < -0.3 is 19.4 Å². The second-order valence-corrected chi connectivity index (χ2v) is 8.41. The molecular weight excluding hydrogens is 366 g/mol. The number of nitrogens with one attached hydrogen (secondary N) is 1. The minimum Gasteiger partial charge on any atom is -0.491 e. The summed E-state index contributed by atoms with van der Waals surface area (Å²) in [6.45, 7) is 7.50. The van der Waals surface area contributed by atoms with Crippen molar-refractivity contribution in [3.05, 3.63) is 41.5 Å². The Bertz CT molecular complexity index is 809. The highest BCUT2D eigenvalue weighted by Crippen LogP contribution is 2.30. The molecule has 156 valence electrons. The van der Waals surface area contributed by atoms with E-state index in [1.807, 2.05) is 0 Å². The minimum absolute atomic E-state index is 0.253. The number of hydrogen-bond donors (Lipinski definition) is 1. The van der Waals surface area contributed by atoms with Crippen LogP contribution in [0.3, 0.4) is 0 Å². The first-order chi connectivity index (χ1) is 14.4. The summed E-state index contributed by atoms with van der Waals surface area (Å²) >= 11 is 0. The Kier molecular flexibility index (Phi) is 5.78. The number of benzene rings is 1. The third-order valence-corrected chi connectivity index (χ3v) is 6.42. The van der Waals surface area contributed by atoms with Gasteiger partial charge in [0.1, 0.15) is 24.0 Å². The zero-order valence-corrected chi connectivity index (χ0v) is 17.1.